The van der Waals surface area contributed by atoms with E-state index in [-0.39, 0.29) is 5.92 Å². The van der Waals surface area contributed by atoms with E-state index in [1.54, 1.807) is 0 Å². The maximum Gasteiger partial charge on any atom is 0.333 e. The summed E-state index contributed by atoms with van der Waals surface area (Å²) in [6.45, 7) is 5.85. The van der Waals surface area contributed by atoms with Gasteiger partial charge in [0, 0.05) is 5.70 Å². The zero-order valence-electron chi connectivity index (χ0n) is 8.63. The Morgan fingerprint density at radius 1 is 1.31 bits per heavy atom. The molecule has 0 aromatic heterocycles. The Balaban J connectivity index is 4.89. The number of nitrogens with two attached hydrogens (primary N) is 1. The van der Waals surface area contributed by atoms with Crippen molar-refractivity contribution >= 4 is 5.97 Å². The summed E-state index contributed by atoms with van der Waals surface area (Å²) in [5.41, 5.74) is 6.59. The Labute approximate surface area is 79.6 Å². The lowest BCUT2D eigenvalue weighted by molar-refractivity contribution is -0.133. The molecule has 0 rings (SSSR count). The molecule has 0 unspecified atom stereocenters. The van der Waals surface area contributed by atoms with Gasteiger partial charge in [-0.1, -0.05) is 20.8 Å². The van der Waals surface area contributed by atoms with E-state index in [0.29, 0.717) is 17.7 Å². The molecule has 0 bridgehead atoms. The standard InChI is InChI=1S/C10H19NO2/c1-4-7(5-2)9(10(12)13)8(11)6-3/h7H,4-6,11H2,1-3H3,(H,12,13). The number of carboxylic acids is 1. The Hall–Kier alpha value is -0.990. The van der Waals surface area contributed by atoms with Gasteiger partial charge in [-0.3, -0.25) is 0 Å². The number of rotatable bonds is 5. The molecule has 0 radical (unpaired) electrons. The van der Waals surface area contributed by atoms with Crippen molar-refractivity contribution in [1.29, 1.82) is 0 Å². The molecule has 0 fully saturated rings. The molecule has 0 aliphatic rings. The van der Waals surface area contributed by atoms with E-state index >= 15 is 0 Å². The predicted octanol–water partition coefficient (Wildman–Crippen LogP) is 2.13. The number of carbonyl (C=O) groups is 1. The molecule has 3 nitrogen and oxygen atoms in total. The minimum atomic E-state index is -0.868. The molecule has 0 aliphatic heterocycles. The van der Waals surface area contributed by atoms with E-state index in [0.717, 1.165) is 12.8 Å². The first-order chi connectivity index (χ1) is 6.08. The summed E-state index contributed by atoms with van der Waals surface area (Å²) in [5, 5.41) is 8.97. The minimum Gasteiger partial charge on any atom is -0.478 e. The van der Waals surface area contributed by atoms with Gasteiger partial charge in [-0.2, -0.15) is 0 Å². The highest BCUT2D eigenvalue weighted by Crippen LogP contribution is 2.21. The van der Waals surface area contributed by atoms with E-state index in [1.807, 2.05) is 20.8 Å². The summed E-state index contributed by atoms with van der Waals surface area (Å²) in [4.78, 5) is 10.9. The molecular formula is C10H19NO2. The van der Waals surface area contributed by atoms with Crippen LogP contribution >= 0.6 is 0 Å². The van der Waals surface area contributed by atoms with E-state index in [9.17, 15) is 4.79 Å². The summed E-state index contributed by atoms with van der Waals surface area (Å²) < 4.78 is 0. The fourth-order valence-corrected chi connectivity index (χ4v) is 1.46. The molecular weight excluding hydrogens is 166 g/mol. The van der Waals surface area contributed by atoms with Gasteiger partial charge in [-0.15, -0.1) is 0 Å². The van der Waals surface area contributed by atoms with E-state index < -0.39 is 5.97 Å². The van der Waals surface area contributed by atoms with Crippen LogP contribution in [-0.4, -0.2) is 11.1 Å². The van der Waals surface area contributed by atoms with Crippen LogP contribution in [0.25, 0.3) is 0 Å². The van der Waals surface area contributed by atoms with Gasteiger partial charge in [0.15, 0.2) is 0 Å². The van der Waals surface area contributed by atoms with Crippen LogP contribution in [0.5, 0.6) is 0 Å². The first-order valence-corrected chi connectivity index (χ1v) is 4.80. The molecule has 0 amide bonds. The van der Waals surface area contributed by atoms with Crippen molar-refractivity contribution in [2.24, 2.45) is 11.7 Å². The second kappa shape index (κ2) is 5.62. The molecule has 0 aliphatic carbocycles. The SMILES string of the molecule is CCC(N)=C(C(=O)O)C(CC)CC. The maximum absolute atomic E-state index is 10.9. The molecule has 13 heavy (non-hydrogen) atoms. The van der Waals surface area contributed by atoms with E-state index in [2.05, 4.69) is 0 Å². The zero-order chi connectivity index (χ0) is 10.4. The number of carboxylic acid groups (broad SMARTS) is 1. The van der Waals surface area contributed by atoms with Crippen molar-refractivity contribution in [1.82, 2.24) is 0 Å². The largest absolute Gasteiger partial charge is 0.478 e. The monoisotopic (exact) mass is 185 g/mol. The molecule has 0 heterocycles. The van der Waals surface area contributed by atoms with Gasteiger partial charge >= 0.3 is 5.97 Å². The number of hydrogen-bond donors (Lipinski definition) is 2. The van der Waals surface area contributed by atoms with Crippen LogP contribution in [0.2, 0.25) is 0 Å². The van der Waals surface area contributed by atoms with Crippen molar-refractivity contribution in [3.63, 3.8) is 0 Å². The number of allylic oxidation sites excluding steroid dienone is 1. The number of hydrogen-bond acceptors (Lipinski definition) is 2. The van der Waals surface area contributed by atoms with Gasteiger partial charge in [0.05, 0.1) is 5.57 Å². The van der Waals surface area contributed by atoms with Gasteiger partial charge in [0.25, 0.3) is 0 Å². The highest BCUT2D eigenvalue weighted by atomic mass is 16.4. The Bertz CT molecular complexity index is 205. The smallest absolute Gasteiger partial charge is 0.333 e. The summed E-state index contributed by atoms with van der Waals surface area (Å²) in [6, 6.07) is 0. The second-order valence-corrected chi connectivity index (χ2v) is 3.11. The third kappa shape index (κ3) is 3.09. The molecule has 0 saturated heterocycles. The van der Waals surface area contributed by atoms with Crippen molar-refractivity contribution < 1.29 is 9.90 Å². The van der Waals surface area contributed by atoms with Crippen LogP contribution in [0.1, 0.15) is 40.0 Å². The third-order valence-electron chi connectivity index (χ3n) is 2.35. The molecule has 0 aromatic rings. The second-order valence-electron chi connectivity index (χ2n) is 3.11. The average Bonchev–Trinajstić information content (AvgIpc) is 2.12. The fraction of sp³-hybridized carbons (Fsp3) is 0.700. The summed E-state index contributed by atoms with van der Waals surface area (Å²) in [6.07, 6.45) is 2.27. The zero-order valence-corrected chi connectivity index (χ0v) is 8.63. The van der Waals surface area contributed by atoms with Crippen LogP contribution in [0, 0.1) is 5.92 Å². The summed E-state index contributed by atoms with van der Waals surface area (Å²) in [5.74, 6) is -0.773. The molecule has 0 atom stereocenters. The van der Waals surface area contributed by atoms with Crippen LogP contribution in [0.4, 0.5) is 0 Å². The molecule has 3 heteroatoms. The lowest BCUT2D eigenvalue weighted by Crippen LogP contribution is -2.17. The lowest BCUT2D eigenvalue weighted by atomic mass is 9.91. The van der Waals surface area contributed by atoms with Gasteiger partial charge in [-0.25, -0.2) is 4.79 Å². The third-order valence-corrected chi connectivity index (χ3v) is 2.35. The van der Waals surface area contributed by atoms with Crippen molar-refractivity contribution in [3.05, 3.63) is 11.3 Å². The highest BCUT2D eigenvalue weighted by molar-refractivity contribution is 5.87. The Morgan fingerprint density at radius 3 is 2.00 bits per heavy atom. The first kappa shape index (κ1) is 12.0. The van der Waals surface area contributed by atoms with Crippen LogP contribution in [0.15, 0.2) is 11.3 Å². The van der Waals surface area contributed by atoms with Crippen molar-refractivity contribution in [2.45, 2.75) is 40.0 Å². The van der Waals surface area contributed by atoms with E-state index in [4.69, 9.17) is 10.8 Å². The summed E-state index contributed by atoms with van der Waals surface area (Å²) in [7, 11) is 0. The molecule has 0 saturated carbocycles. The van der Waals surface area contributed by atoms with Crippen molar-refractivity contribution in [2.75, 3.05) is 0 Å². The lowest BCUT2D eigenvalue weighted by Gasteiger charge is -2.15. The van der Waals surface area contributed by atoms with Crippen LogP contribution in [-0.2, 0) is 4.79 Å². The van der Waals surface area contributed by atoms with Gasteiger partial charge < -0.3 is 10.8 Å². The highest BCUT2D eigenvalue weighted by Gasteiger charge is 2.19. The first-order valence-electron chi connectivity index (χ1n) is 4.80. The van der Waals surface area contributed by atoms with Gasteiger partial charge in [0.2, 0.25) is 0 Å². The molecule has 0 aromatic carbocycles. The topological polar surface area (TPSA) is 63.3 Å². The van der Waals surface area contributed by atoms with Crippen LogP contribution < -0.4 is 5.73 Å². The van der Waals surface area contributed by atoms with Crippen molar-refractivity contribution in [3.8, 4) is 0 Å². The summed E-state index contributed by atoms with van der Waals surface area (Å²) >= 11 is 0. The normalized spacial score (nSPS) is 12.9. The quantitative estimate of drug-likeness (QED) is 0.645. The predicted molar refractivity (Wildman–Crippen MR) is 53.2 cm³/mol. The fourth-order valence-electron chi connectivity index (χ4n) is 1.46. The average molecular weight is 185 g/mol. The maximum atomic E-state index is 10.9. The number of aliphatic carboxylic acids is 1. The van der Waals surface area contributed by atoms with Gasteiger partial charge in [-0.05, 0) is 25.2 Å². The Kier molecular flexibility index (Phi) is 5.19. The molecule has 76 valence electrons. The van der Waals surface area contributed by atoms with Gasteiger partial charge in [0.1, 0.15) is 0 Å². The van der Waals surface area contributed by atoms with Crippen LogP contribution in [0.3, 0.4) is 0 Å². The molecule has 0 spiro atoms. The Morgan fingerprint density at radius 2 is 1.77 bits per heavy atom. The minimum absolute atomic E-state index is 0.0949. The molecule has 3 N–H and O–H groups in total. The van der Waals surface area contributed by atoms with E-state index in [1.165, 1.54) is 0 Å².